The van der Waals surface area contributed by atoms with E-state index < -0.39 is 17.7 Å². The fraction of sp³-hybridized carbons (Fsp3) is 0.167. The van der Waals surface area contributed by atoms with Crippen LogP contribution in [0, 0.1) is 11.6 Å². The highest BCUT2D eigenvalue weighted by Gasteiger charge is 2.17. The van der Waals surface area contributed by atoms with Gasteiger partial charge in [0, 0.05) is 16.5 Å². The third-order valence-electron chi connectivity index (χ3n) is 2.52. The first-order valence-corrected chi connectivity index (χ1v) is 7.11. The predicted molar refractivity (Wildman–Crippen MR) is 74.0 cm³/mol. The van der Waals surface area contributed by atoms with Crippen LogP contribution in [0.5, 0.6) is 0 Å². The summed E-state index contributed by atoms with van der Waals surface area (Å²) in [5.74, 6) is -1.15. The van der Waals surface area contributed by atoms with Gasteiger partial charge in [-0.25, -0.2) is 8.78 Å². The van der Waals surface area contributed by atoms with Crippen molar-refractivity contribution < 1.29 is 8.78 Å². The van der Waals surface area contributed by atoms with Crippen LogP contribution in [0.2, 0.25) is 5.02 Å². The van der Waals surface area contributed by atoms with E-state index in [4.69, 9.17) is 17.3 Å². The Labute approximate surface area is 121 Å². The van der Waals surface area contributed by atoms with E-state index >= 15 is 0 Å². The average Bonchev–Trinajstić information content (AvgIpc) is 2.64. The molecule has 1 aromatic heterocycles. The van der Waals surface area contributed by atoms with Gasteiger partial charge < -0.3 is 5.73 Å². The second-order valence-electron chi connectivity index (χ2n) is 3.78. The molecule has 1 aromatic carbocycles. The standard InChI is InChI=1S/C12H9BrClF2NS/c13-12-7(14)5-11(18-12)10(17)4-6-8(15)2-1-3-9(6)16/h1-3,5,10H,4,17H2. The zero-order chi connectivity index (χ0) is 13.3. The van der Waals surface area contributed by atoms with E-state index in [0.717, 1.165) is 8.66 Å². The normalized spacial score (nSPS) is 12.7. The summed E-state index contributed by atoms with van der Waals surface area (Å²) in [5, 5.41) is 0.555. The zero-order valence-corrected chi connectivity index (χ0v) is 12.2. The van der Waals surface area contributed by atoms with E-state index in [0.29, 0.717) is 5.02 Å². The quantitative estimate of drug-likeness (QED) is 0.852. The van der Waals surface area contributed by atoms with E-state index in [1.54, 1.807) is 6.07 Å². The molecular formula is C12H9BrClF2NS. The molecule has 1 nitrogen and oxygen atoms in total. The number of halogens is 4. The summed E-state index contributed by atoms with van der Waals surface area (Å²) in [6.07, 6.45) is 0.0990. The van der Waals surface area contributed by atoms with Crippen molar-refractivity contribution in [3.63, 3.8) is 0 Å². The van der Waals surface area contributed by atoms with Crippen molar-refractivity contribution >= 4 is 38.9 Å². The van der Waals surface area contributed by atoms with Gasteiger partial charge in [0.05, 0.1) is 8.81 Å². The Balaban J connectivity index is 2.23. The molecule has 0 radical (unpaired) electrons. The monoisotopic (exact) mass is 351 g/mol. The molecule has 0 saturated heterocycles. The summed E-state index contributed by atoms with van der Waals surface area (Å²) in [6.45, 7) is 0. The minimum absolute atomic E-state index is 0.00523. The molecule has 0 fully saturated rings. The molecule has 0 saturated carbocycles. The highest BCUT2D eigenvalue weighted by molar-refractivity contribution is 9.11. The molecule has 1 unspecified atom stereocenters. The van der Waals surface area contributed by atoms with E-state index in [2.05, 4.69) is 15.9 Å². The lowest BCUT2D eigenvalue weighted by Gasteiger charge is -2.11. The first-order valence-electron chi connectivity index (χ1n) is 5.12. The maximum absolute atomic E-state index is 13.5. The number of nitrogens with two attached hydrogens (primary N) is 1. The van der Waals surface area contributed by atoms with Gasteiger partial charge in [0.2, 0.25) is 0 Å². The van der Waals surface area contributed by atoms with E-state index in [9.17, 15) is 8.78 Å². The number of rotatable bonds is 3. The Bertz CT molecular complexity index is 533. The number of benzene rings is 1. The molecule has 1 heterocycles. The molecule has 0 aliphatic carbocycles. The van der Waals surface area contributed by atoms with E-state index in [1.165, 1.54) is 29.5 Å². The summed E-state index contributed by atoms with van der Waals surface area (Å²) in [7, 11) is 0. The van der Waals surface area contributed by atoms with Gasteiger partial charge in [-0.05, 0) is 40.5 Å². The van der Waals surface area contributed by atoms with Gasteiger partial charge in [0.15, 0.2) is 0 Å². The Kier molecular flexibility index (Phi) is 4.37. The van der Waals surface area contributed by atoms with Gasteiger partial charge in [-0.3, -0.25) is 0 Å². The molecule has 0 aliphatic rings. The SMILES string of the molecule is NC(Cc1c(F)cccc1F)c1cc(Cl)c(Br)s1. The molecular weight excluding hydrogens is 344 g/mol. The summed E-state index contributed by atoms with van der Waals surface area (Å²) in [4.78, 5) is 0.787. The molecule has 0 amide bonds. The van der Waals surface area contributed by atoms with Crippen LogP contribution in [-0.2, 0) is 6.42 Å². The Morgan fingerprint density at radius 1 is 1.33 bits per heavy atom. The lowest BCUT2D eigenvalue weighted by Crippen LogP contribution is -2.13. The number of hydrogen-bond donors (Lipinski definition) is 1. The van der Waals surface area contributed by atoms with Crippen molar-refractivity contribution in [3.05, 3.63) is 55.1 Å². The number of thiophene rings is 1. The van der Waals surface area contributed by atoms with Crippen LogP contribution >= 0.6 is 38.9 Å². The van der Waals surface area contributed by atoms with Gasteiger partial charge >= 0.3 is 0 Å². The van der Waals surface area contributed by atoms with Crippen molar-refractivity contribution in [3.8, 4) is 0 Å². The molecule has 1 atom stereocenters. The Morgan fingerprint density at radius 2 is 1.94 bits per heavy atom. The van der Waals surface area contributed by atoms with Crippen LogP contribution in [0.15, 0.2) is 28.1 Å². The van der Waals surface area contributed by atoms with Crippen molar-refractivity contribution in [2.45, 2.75) is 12.5 Å². The smallest absolute Gasteiger partial charge is 0.129 e. The van der Waals surface area contributed by atoms with Gasteiger partial charge in [-0.15, -0.1) is 11.3 Å². The average molecular weight is 353 g/mol. The van der Waals surface area contributed by atoms with Gasteiger partial charge in [-0.2, -0.15) is 0 Å². The maximum atomic E-state index is 13.5. The molecule has 2 rings (SSSR count). The Morgan fingerprint density at radius 3 is 2.44 bits per heavy atom. The predicted octanol–water partition coefficient (Wildman–Crippen LogP) is 4.68. The first kappa shape index (κ1) is 13.9. The van der Waals surface area contributed by atoms with E-state index in [1.807, 2.05) is 0 Å². The minimum Gasteiger partial charge on any atom is -0.323 e. The molecule has 18 heavy (non-hydrogen) atoms. The molecule has 2 aromatic rings. The van der Waals surface area contributed by atoms with Crippen molar-refractivity contribution in [2.24, 2.45) is 5.73 Å². The minimum atomic E-state index is -0.577. The molecule has 2 N–H and O–H groups in total. The maximum Gasteiger partial charge on any atom is 0.129 e. The van der Waals surface area contributed by atoms with Crippen molar-refractivity contribution in [1.29, 1.82) is 0 Å². The van der Waals surface area contributed by atoms with E-state index in [-0.39, 0.29) is 12.0 Å². The van der Waals surface area contributed by atoms with Crippen LogP contribution < -0.4 is 5.73 Å². The third-order valence-corrected chi connectivity index (χ3v) is 5.12. The fourth-order valence-electron chi connectivity index (χ4n) is 1.59. The highest BCUT2D eigenvalue weighted by Crippen LogP contribution is 2.35. The molecule has 0 aliphatic heterocycles. The van der Waals surface area contributed by atoms with Gasteiger partial charge in [-0.1, -0.05) is 17.7 Å². The zero-order valence-electron chi connectivity index (χ0n) is 9.09. The van der Waals surface area contributed by atoms with Crippen LogP contribution in [0.3, 0.4) is 0 Å². The van der Waals surface area contributed by atoms with Crippen LogP contribution in [-0.4, -0.2) is 0 Å². The molecule has 0 spiro atoms. The third kappa shape index (κ3) is 2.91. The fourth-order valence-corrected chi connectivity index (χ4v) is 3.34. The first-order chi connectivity index (χ1) is 8.49. The van der Waals surface area contributed by atoms with Crippen LogP contribution in [0.4, 0.5) is 8.78 Å². The van der Waals surface area contributed by atoms with Gasteiger partial charge in [0.1, 0.15) is 11.6 Å². The molecule has 6 heteroatoms. The summed E-state index contributed by atoms with van der Waals surface area (Å²) >= 11 is 10.5. The lowest BCUT2D eigenvalue weighted by atomic mass is 10.0. The summed E-state index contributed by atoms with van der Waals surface area (Å²) in [5.41, 5.74) is 5.95. The second kappa shape index (κ2) is 5.65. The summed E-state index contributed by atoms with van der Waals surface area (Å²) < 4.78 is 27.7. The lowest BCUT2D eigenvalue weighted by molar-refractivity contribution is 0.541. The second-order valence-corrected chi connectivity index (χ2v) is 6.59. The molecule has 0 bridgehead atoms. The van der Waals surface area contributed by atoms with Crippen LogP contribution in [0.1, 0.15) is 16.5 Å². The largest absolute Gasteiger partial charge is 0.323 e. The van der Waals surface area contributed by atoms with Crippen LogP contribution in [0.25, 0.3) is 0 Å². The summed E-state index contributed by atoms with van der Waals surface area (Å²) in [6, 6.07) is 5.01. The topological polar surface area (TPSA) is 26.0 Å². The Hall–Kier alpha value is -0.490. The van der Waals surface area contributed by atoms with Crippen molar-refractivity contribution in [2.75, 3.05) is 0 Å². The number of hydrogen-bond acceptors (Lipinski definition) is 2. The van der Waals surface area contributed by atoms with Gasteiger partial charge in [0.25, 0.3) is 0 Å². The van der Waals surface area contributed by atoms with Crippen molar-refractivity contribution in [1.82, 2.24) is 0 Å². The highest BCUT2D eigenvalue weighted by atomic mass is 79.9. The molecule has 96 valence electrons.